The quantitative estimate of drug-likeness (QED) is 0.707. The zero-order valence-electron chi connectivity index (χ0n) is 11.1. The van der Waals surface area contributed by atoms with Crippen LogP contribution in [0.3, 0.4) is 0 Å². The van der Waals surface area contributed by atoms with E-state index in [0.29, 0.717) is 17.7 Å². The van der Waals surface area contributed by atoms with Crippen LogP contribution in [0.25, 0.3) is 0 Å². The van der Waals surface area contributed by atoms with E-state index in [9.17, 15) is 4.79 Å². The molecule has 0 spiro atoms. The first-order valence-electron chi connectivity index (χ1n) is 6.47. The molecule has 1 saturated carbocycles. The molecule has 0 radical (unpaired) electrons. The number of anilines is 3. The van der Waals surface area contributed by atoms with Gasteiger partial charge < -0.3 is 21.7 Å². The monoisotopic (exact) mass is 264 g/mol. The van der Waals surface area contributed by atoms with Crippen molar-refractivity contribution in [2.24, 2.45) is 5.73 Å². The summed E-state index contributed by atoms with van der Waals surface area (Å²) in [6.07, 6.45) is 4.43. The van der Waals surface area contributed by atoms with Crippen LogP contribution in [-0.2, 0) is 4.79 Å². The summed E-state index contributed by atoms with van der Waals surface area (Å²) in [7, 11) is 1.76. The summed E-state index contributed by atoms with van der Waals surface area (Å²) in [5.41, 5.74) is 11.0. The topological polar surface area (TPSA) is 110 Å². The SMILES string of the molecule is CNc1cc(N(CC(N)=O)C2CCCC2)nc(N)n1. The van der Waals surface area contributed by atoms with E-state index >= 15 is 0 Å². The van der Waals surface area contributed by atoms with Gasteiger partial charge in [0, 0.05) is 19.2 Å². The van der Waals surface area contributed by atoms with Gasteiger partial charge in [-0.05, 0) is 12.8 Å². The fraction of sp³-hybridized carbons (Fsp3) is 0.583. The smallest absolute Gasteiger partial charge is 0.237 e. The molecule has 0 saturated heterocycles. The average Bonchev–Trinajstić information content (AvgIpc) is 2.88. The van der Waals surface area contributed by atoms with E-state index in [0.717, 1.165) is 12.8 Å². The highest BCUT2D eigenvalue weighted by molar-refractivity contribution is 5.79. The standard InChI is InChI=1S/C12H20N6O/c1-15-10-6-11(17-12(14)16-10)18(7-9(13)19)8-4-2-3-5-8/h6,8H,2-5,7H2,1H3,(H2,13,19)(H3,14,15,16,17). The van der Waals surface area contributed by atoms with E-state index in [1.165, 1.54) is 12.8 Å². The van der Waals surface area contributed by atoms with E-state index < -0.39 is 0 Å². The molecular weight excluding hydrogens is 244 g/mol. The average molecular weight is 264 g/mol. The summed E-state index contributed by atoms with van der Waals surface area (Å²) < 4.78 is 0. The largest absolute Gasteiger partial charge is 0.373 e. The second kappa shape index (κ2) is 5.73. The summed E-state index contributed by atoms with van der Waals surface area (Å²) in [4.78, 5) is 21.5. The Kier molecular flexibility index (Phi) is 4.03. The molecule has 1 fully saturated rings. The molecule has 5 N–H and O–H groups in total. The highest BCUT2D eigenvalue weighted by Gasteiger charge is 2.25. The number of amides is 1. The Balaban J connectivity index is 2.30. The number of nitrogens with one attached hydrogen (secondary N) is 1. The van der Waals surface area contributed by atoms with Crippen molar-refractivity contribution < 1.29 is 4.79 Å². The third-order valence-corrected chi connectivity index (χ3v) is 3.37. The lowest BCUT2D eigenvalue weighted by Crippen LogP contribution is -2.40. The van der Waals surface area contributed by atoms with Crippen molar-refractivity contribution >= 4 is 23.5 Å². The van der Waals surface area contributed by atoms with Gasteiger partial charge in [-0.2, -0.15) is 9.97 Å². The normalized spacial score (nSPS) is 15.4. The van der Waals surface area contributed by atoms with Crippen molar-refractivity contribution in [3.05, 3.63) is 6.07 Å². The zero-order valence-corrected chi connectivity index (χ0v) is 11.1. The number of nitrogens with two attached hydrogens (primary N) is 2. The Morgan fingerprint density at radius 2 is 2.16 bits per heavy atom. The lowest BCUT2D eigenvalue weighted by atomic mass is 10.2. The molecule has 0 unspecified atom stereocenters. The third kappa shape index (κ3) is 3.24. The first-order valence-corrected chi connectivity index (χ1v) is 6.47. The molecule has 1 aliphatic carbocycles. The van der Waals surface area contributed by atoms with Gasteiger partial charge in [-0.15, -0.1) is 0 Å². The summed E-state index contributed by atoms with van der Waals surface area (Å²) in [5, 5.41) is 2.93. The Labute approximate surface area is 112 Å². The summed E-state index contributed by atoms with van der Waals surface area (Å²) in [5.74, 6) is 1.11. The molecule has 1 aliphatic rings. The van der Waals surface area contributed by atoms with Crippen LogP contribution in [0.2, 0.25) is 0 Å². The minimum absolute atomic E-state index is 0.157. The Morgan fingerprint density at radius 3 is 2.74 bits per heavy atom. The molecule has 19 heavy (non-hydrogen) atoms. The first-order chi connectivity index (χ1) is 9.10. The number of nitrogen functional groups attached to an aromatic ring is 1. The van der Waals surface area contributed by atoms with Crippen molar-refractivity contribution in [2.45, 2.75) is 31.7 Å². The van der Waals surface area contributed by atoms with Gasteiger partial charge in [0.05, 0.1) is 6.54 Å². The molecule has 1 aromatic rings. The van der Waals surface area contributed by atoms with Crippen LogP contribution in [0.15, 0.2) is 6.07 Å². The van der Waals surface area contributed by atoms with Crippen LogP contribution in [0.5, 0.6) is 0 Å². The number of carbonyl (C=O) groups is 1. The Bertz CT molecular complexity index is 458. The number of nitrogens with zero attached hydrogens (tertiary/aromatic N) is 3. The molecule has 1 amide bonds. The minimum Gasteiger partial charge on any atom is -0.373 e. The second-order valence-electron chi connectivity index (χ2n) is 4.75. The number of hydrogen-bond donors (Lipinski definition) is 3. The Morgan fingerprint density at radius 1 is 1.47 bits per heavy atom. The predicted molar refractivity (Wildman–Crippen MR) is 74.8 cm³/mol. The van der Waals surface area contributed by atoms with E-state index in [4.69, 9.17) is 11.5 Å². The third-order valence-electron chi connectivity index (χ3n) is 3.37. The fourth-order valence-corrected chi connectivity index (χ4v) is 2.51. The fourth-order valence-electron chi connectivity index (χ4n) is 2.51. The maximum Gasteiger partial charge on any atom is 0.237 e. The van der Waals surface area contributed by atoms with Gasteiger partial charge in [0.15, 0.2) is 0 Å². The van der Waals surface area contributed by atoms with E-state index in [-0.39, 0.29) is 18.4 Å². The molecule has 0 bridgehead atoms. The number of primary amides is 1. The van der Waals surface area contributed by atoms with Crippen molar-refractivity contribution in [3.8, 4) is 0 Å². The zero-order chi connectivity index (χ0) is 13.8. The van der Waals surface area contributed by atoms with Gasteiger partial charge in [0.2, 0.25) is 11.9 Å². The van der Waals surface area contributed by atoms with Crippen LogP contribution in [0.4, 0.5) is 17.6 Å². The first kappa shape index (κ1) is 13.4. The van der Waals surface area contributed by atoms with Gasteiger partial charge in [-0.3, -0.25) is 4.79 Å². The number of aromatic nitrogens is 2. The molecule has 0 aromatic carbocycles. The predicted octanol–water partition coefficient (Wildman–Crippen LogP) is 0.335. The molecule has 2 rings (SSSR count). The maximum absolute atomic E-state index is 11.3. The maximum atomic E-state index is 11.3. The van der Waals surface area contributed by atoms with E-state index in [1.54, 1.807) is 13.1 Å². The number of hydrogen-bond acceptors (Lipinski definition) is 6. The van der Waals surface area contributed by atoms with Crippen molar-refractivity contribution in [2.75, 3.05) is 29.5 Å². The highest BCUT2D eigenvalue weighted by Crippen LogP contribution is 2.28. The highest BCUT2D eigenvalue weighted by atomic mass is 16.1. The van der Waals surface area contributed by atoms with E-state index in [2.05, 4.69) is 15.3 Å². The molecule has 7 heteroatoms. The molecule has 0 aliphatic heterocycles. The van der Waals surface area contributed by atoms with Gasteiger partial charge in [0.25, 0.3) is 0 Å². The van der Waals surface area contributed by atoms with Crippen molar-refractivity contribution in [1.29, 1.82) is 0 Å². The van der Waals surface area contributed by atoms with Crippen LogP contribution in [0.1, 0.15) is 25.7 Å². The molecular formula is C12H20N6O. The van der Waals surface area contributed by atoms with Gasteiger partial charge in [0.1, 0.15) is 11.6 Å². The van der Waals surface area contributed by atoms with E-state index in [1.807, 2.05) is 4.90 Å². The van der Waals surface area contributed by atoms with Gasteiger partial charge >= 0.3 is 0 Å². The molecule has 104 valence electrons. The second-order valence-corrected chi connectivity index (χ2v) is 4.75. The molecule has 0 atom stereocenters. The van der Waals surface area contributed by atoms with Crippen LogP contribution < -0.4 is 21.7 Å². The minimum atomic E-state index is -0.366. The summed E-state index contributed by atoms with van der Waals surface area (Å²) >= 11 is 0. The summed E-state index contributed by atoms with van der Waals surface area (Å²) in [6.45, 7) is 0.157. The molecule has 1 heterocycles. The van der Waals surface area contributed by atoms with Gasteiger partial charge in [-0.1, -0.05) is 12.8 Å². The number of rotatable bonds is 5. The van der Waals surface area contributed by atoms with Crippen LogP contribution in [-0.4, -0.2) is 35.5 Å². The van der Waals surface area contributed by atoms with Crippen molar-refractivity contribution in [1.82, 2.24) is 9.97 Å². The van der Waals surface area contributed by atoms with Crippen molar-refractivity contribution in [3.63, 3.8) is 0 Å². The Hall–Kier alpha value is -2.05. The molecule has 1 aromatic heterocycles. The van der Waals surface area contributed by atoms with Crippen LogP contribution in [0, 0.1) is 0 Å². The molecule has 7 nitrogen and oxygen atoms in total. The lowest BCUT2D eigenvalue weighted by molar-refractivity contribution is -0.116. The van der Waals surface area contributed by atoms with Crippen LogP contribution >= 0.6 is 0 Å². The lowest BCUT2D eigenvalue weighted by Gasteiger charge is -2.29. The summed E-state index contributed by atoms with van der Waals surface area (Å²) in [6, 6.07) is 2.09. The number of carbonyl (C=O) groups excluding carboxylic acids is 1. The van der Waals surface area contributed by atoms with Gasteiger partial charge in [-0.25, -0.2) is 0 Å².